The summed E-state index contributed by atoms with van der Waals surface area (Å²) in [4.78, 5) is 12.0. The van der Waals surface area contributed by atoms with Gasteiger partial charge in [0.15, 0.2) is 0 Å². The fraction of sp³-hybridized carbons (Fsp3) is 0.462. The van der Waals surface area contributed by atoms with Gasteiger partial charge in [-0.1, -0.05) is 6.07 Å². The van der Waals surface area contributed by atoms with E-state index in [2.05, 4.69) is 10.6 Å². The van der Waals surface area contributed by atoms with Gasteiger partial charge in [0.05, 0.1) is 12.6 Å². The molecule has 1 aliphatic heterocycles. The smallest absolute Gasteiger partial charge is 0.241 e. The molecule has 2 rings (SSSR count). The molecule has 98 valence electrons. The van der Waals surface area contributed by atoms with E-state index in [1.807, 2.05) is 18.2 Å². The molecular weight excluding hydrogens is 230 g/mol. The van der Waals surface area contributed by atoms with E-state index in [-0.39, 0.29) is 11.9 Å². The molecule has 1 amide bonds. The number of nitrogen functional groups attached to an aromatic ring is 1. The number of fused-ring (bicyclic) bond motifs is 1. The summed E-state index contributed by atoms with van der Waals surface area (Å²) in [7, 11) is 1.65. The van der Waals surface area contributed by atoms with E-state index in [4.69, 9.17) is 10.5 Å². The van der Waals surface area contributed by atoms with Crippen LogP contribution in [0.2, 0.25) is 0 Å². The van der Waals surface area contributed by atoms with Crippen LogP contribution in [0.25, 0.3) is 0 Å². The molecular formula is C13H19N3O2. The third kappa shape index (κ3) is 3.00. The topological polar surface area (TPSA) is 76.4 Å². The third-order valence-electron chi connectivity index (χ3n) is 3.11. The van der Waals surface area contributed by atoms with Gasteiger partial charge in [0.25, 0.3) is 0 Å². The summed E-state index contributed by atoms with van der Waals surface area (Å²) in [5.74, 6) is -0.00421. The van der Waals surface area contributed by atoms with Gasteiger partial charge in [-0.15, -0.1) is 0 Å². The van der Waals surface area contributed by atoms with Crippen molar-refractivity contribution in [2.75, 3.05) is 31.3 Å². The van der Waals surface area contributed by atoms with Crippen LogP contribution in [0.1, 0.15) is 12.0 Å². The van der Waals surface area contributed by atoms with Crippen molar-refractivity contribution in [3.63, 3.8) is 0 Å². The van der Waals surface area contributed by atoms with Gasteiger partial charge in [0.2, 0.25) is 5.91 Å². The maximum Gasteiger partial charge on any atom is 0.241 e. The van der Waals surface area contributed by atoms with Crippen LogP contribution in [-0.4, -0.2) is 32.2 Å². The number of hydrogen-bond donors (Lipinski definition) is 3. The Morgan fingerprint density at radius 2 is 2.39 bits per heavy atom. The number of amides is 1. The lowest BCUT2D eigenvalue weighted by molar-refractivity contribution is -0.118. The number of hydrogen-bond acceptors (Lipinski definition) is 4. The highest BCUT2D eigenvalue weighted by Gasteiger charge is 2.22. The number of carbonyl (C=O) groups is 1. The molecule has 0 radical (unpaired) electrons. The molecule has 0 spiro atoms. The number of methoxy groups -OCH3 is 1. The Kier molecular flexibility index (Phi) is 4.17. The van der Waals surface area contributed by atoms with E-state index in [0.29, 0.717) is 18.8 Å². The zero-order chi connectivity index (χ0) is 13.0. The standard InChI is InChI=1S/C13H19N3O2/c1-18-7-6-15-11-5-3-9-2-4-10(14)8-12(9)16-13(11)17/h2,4,8,11,15H,3,5-7,14H2,1H3,(H,16,17). The Morgan fingerprint density at radius 3 is 3.17 bits per heavy atom. The van der Waals surface area contributed by atoms with Crippen molar-refractivity contribution < 1.29 is 9.53 Å². The van der Waals surface area contributed by atoms with Crippen molar-refractivity contribution >= 4 is 17.3 Å². The van der Waals surface area contributed by atoms with Gasteiger partial charge in [-0.3, -0.25) is 4.79 Å². The molecule has 4 N–H and O–H groups in total. The van der Waals surface area contributed by atoms with E-state index in [1.54, 1.807) is 7.11 Å². The average molecular weight is 249 g/mol. The number of ether oxygens (including phenoxy) is 1. The number of nitrogens with one attached hydrogen (secondary N) is 2. The van der Waals surface area contributed by atoms with E-state index < -0.39 is 0 Å². The molecule has 1 unspecified atom stereocenters. The number of rotatable bonds is 4. The quantitative estimate of drug-likeness (QED) is 0.544. The number of carbonyl (C=O) groups excluding carboxylic acids is 1. The van der Waals surface area contributed by atoms with Crippen molar-refractivity contribution in [1.29, 1.82) is 0 Å². The van der Waals surface area contributed by atoms with E-state index in [9.17, 15) is 4.79 Å². The second kappa shape index (κ2) is 5.84. The van der Waals surface area contributed by atoms with Crippen LogP contribution in [0.5, 0.6) is 0 Å². The Balaban J connectivity index is 2.04. The highest BCUT2D eigenvalue weighted by molar-refractivity contribution is 5.96. The molecule has 0 aromatic heterocycles. The van der Waals surface area contributed by atoms with Gasteiger partial charge in [-0.25, -0.2) is 0 Å². The van der Waals surface area contributed by atoms with Gasteiger partial charge < -0.3 is 21.1 Å². The highest BCUT2D eigenvalue weighted by atomic mass is 16.5. The second-order valence-corrected chi connectivity index (χ2v) is 4.44. The minimum atomic E-state index is -0.172. The fourth-order valence-corrected chi connectivity index (χ4v) is 2.11. The summed E-state index contributed by atoms with van der Waals surface area (Å²) in [6, 6.07) is 5.48. The van der Waals surface area contributed by atoms with Crippen LogP contribution in [-0.2, 0) is 16.0 Å². The van der Waals surface area contributed by atoms with Gasteiger partial charge in [-0.05, 0) is 30.5 Å². The minimum Gasteiger partial charge on any atom is -0.399 e. The summed E-state index contributed by atoms with van der Waals surface area (Å²) >= 11 is 0. The van der Waals surface area contributed by atoms with Gasteiger partial charge in [0, 0.05) is 25.0 Å². The van der Waals surface area contributed by atoms with Crippen LogP contribution < -0.4 is 16.4 Å². The first-order chi connectivity index (χ1) is 8.70. The SMILES string of the molecule is COCCNC1CCc2ccc(N)cc2NC1=O. The largest absolute Gasteiger partial charge is 0.399 e. The zero-order valence-corrected chi connectivity index (χ0v) is 10.5. The lowest BCUT2D eigenvalue weighted by Gasteiger charge is -2.14. The first kappa shape index (κ1) is 12.9. The molecule has 1 atom stereocenters. The van der Waals surface area contributed by atoms with Crippen molar-refractivity contribution in [1.82, 2.24) is 5.32 Å². The Hall–Kier alpha value is -1.59. The first-order valence-electron chi connectivity index (χ1n) is 6.12. The van der Waals surface area contributed by atoms with Crippen LogP contribution in [0.15, 0.2) is 18.2 Å². The van der Waals surface area contributed by atoms with Crippen LogP contribution in [0.3, 0.4) is 0 Å². The van der Waals surface area contributed by atoms with E-state index in [0.717, 1.165) is 24.1 Å². The molecule has 1 heterocycles. The fourth-order valence-electron chi connectivity index (χ4n) is 2.11. The minimum absolute atomic E-state index is 0.00421. The average Bonchev–Trinajstić information content (AvgIpc) is 2.49. The molecule has 1 aromatic carbocycles. The van der Waals surface area contributed by atoms with Crippen molar-refractivity contribution in [3.05, 3.63) is 23.8 Å². The van der Waals surface area contributed by atoms with Crippen molar-refractivity contribution in [2.45, 2.75) is 18.9 Å². The van der Waals surface area contributed by atoms with Crippen molar-refractivity contribution in [2.24, 2.45) is 0 Å². The van der Waals surface area contributed by atoms with Crippen LogP contribution in [0, 0.1) is 0 Å². The predicted molar refractivity (Wildman–Crippen MR) is 71.5 cm³/mol. The maximum absolute atomic E-state index is 12.0. The molecule has 0 saturated heterocycles. The van der Waals surface area contributed by atoms with E-state index in [1.165, 1.54) is 0 Å². The van der Waals surface area contributed by atoms with Gasteiger partial charge in [0.1, 0.15) is 0 Å². The molecule has 5 nitrogen and oxygen atoms in total. The molecule has 5 heteroatoms. The molecule has 0 bridgehead atoms. The Bertz CT molecular complexity index is 434. The van der Waals surface area contributed by atoms with Gasteiger partial charge in [-0.2, -0.15) is 0 Å². The summed E-state index contributed by atoms with van der Waals surface area (Å²) in [5.41, 5.74) is 8.36. The van der Waals surface area contributed by atoms with Crippen LogP contribution >= 0.6 is 0 Å². The highest BCUT2D eigenvalue weighted by Crippen LogP contribution is 2.24. The normalized spacial score (nSPS) is 18.9. The summed E-state index contributed by atoms with van der Waals surface area (Å²) in [6.45, 7) is 1.27. The molecule has 1 aromatic rings. The Morgan fingerprint density at radius 1 is 1.56 bits per heavy atom. The lowest BCUT2D eigenvalue weighted by Crippen LogP contribution is -2.41. The number of nitrogens with two attached hydrogens (primary N) is 1. The molecule has 0 aliphatic carbocycles. The predicted octanol–water partition coefficient (Wildman–Crippen LogP) is 0.758. The maximum atomic E-state index is 12.0. The zero-order valence-electron chi connectivity index (χ0n) is 10.5. The number of benzene rings is 1. The molecule has 0 saturated carbocycles. The van der Waals surface area contributed by atoms with Crippen LogP contribution in [0.4, 0.5) is 11.4 Å². The van der Waals surface area contributed by atoms with Gasteiger partial charge >= 0.3 is 0 Å². The number of anilines is 2. The third-order valence-corrected chi connectivity index (χ3v) is 3.11. The van der Waals surface area contributed by atoms with E-state index >= 15 is 0 Å². The van der Waals surface area contributed by atoms with Crippen molar-refractivity contribution in [3.8, 4) is 0 Å². The second-order valence-electron chi connectivity index (χ2n) is 4.44. The Labute approximate surface area is 107 Å². The monoisotopic (exact) mass is 249 g/mol. The molecule has 0 fully saturated rings. The molecule has 18 heavy (non-hydrogen) atoms. The number of aryl methyl sites for hydroxylation is 1. The molecule has 1 aliphatic rings. The summed E-state index contributed by atoms with van der Waals surface area (Å²) in [5, 5.41) is 6.11. The lowest BCUT2D eigenvalue weighted by atomic mass is 10.1. The summed E-state index contributed by atoms with van der Waals surface area (Å²) < 4.78 is 4.97. The summed E-state index contributed by atoms with van der Waals surface area (Å²) in [6.07, 6.45) is 1.64. The first-order valence-corrected chi connectivity index (χ1v) is 6.12.